The van der Waals surface area contributed by atoms with E-state index in [9.17, 15) is 4.79 Å². The molecule has 2 aromatic heterocycles. The summed E-state index contributed by atoms with van der Waals surface area (Å²) in [5.41, 5.74) is 4.57. The molecular weight excluding hydrogens is 278 g/mol. The van der Waals surface area contributed by atoms with Crippen molar-refractivity contribution in [3.05, 3.63) is 63.1 Å². The summed E-state index contributed by atoms with van der Waals surface area (Å²) in [5, 5.41) is 2.04. The Hall–Kier alpha value is -2.00. The fourth-order valence-electron chi connectivity index (χ4n) is 2.24. The minimum Gasteiger partial charge on any atom is -0.289 e. The van der Waals surface area contributed by atoms with Gasteiger partial charge in [-0.1, -0.05) is 6.08 Å². The number of carbonyl (C=O) groups is 1. The van der Waals surface area contributed by atoms with Crippen LogP contribution in [0.4, 0.5) is 0 Å². The third-order valence-electron chi connectivity index (χ3n) is 3.47. The molecule has 0 aliphatic rings. The van der Waals surface area contributed by atoms with Crippen LogP contribution in [0.5, 0.6) is 0 Å². The Labute approximate surface area is 129 Å². The number of allylic oxidation sites excluding steroid dienone is 3. The lowest BCUT2D eigenvalue weighted by molar-refractivity contribution is -0.110. The fraction of sp³-hybridized carbons (Fsp3) is 0.222. The molecule has 2 aromatic rings. The number of hydrogen-bond acceptors (Lipinski definition) is 3. The molecule has 0 spiro atoms. The Kier molecular flexibility index (Phi) is 4.86. The lowest BCUT2D eigenvalue weighted by atomic mass is 9.94. The number of Topliss-reactive ketones (excluding diaryl/α,β-unsaturated/α-hetero) is 1. The first kappa shape index (κ1) is 15.4. The molecule has 0 aliphatic carbocycles. The van der Waals surface area contributed by atoms with E-state index in [4.69, 9.17) is 0 Å². The number of carbonyl (C=O) groups excluding carboxylic acids is 1. The number of rotatable bonds is 4. The summed E-state index contributed by atoms with van der Waals surface area (Å²) < 4.78 is 0. The first-order valence-electron chi connectivity index (χ1n) is 6.89. The standard InChI is InChI=1S/C18H19NOS/c1-5-16(17-6-8-19-11-13(17)3)18(20)12(2)10-15-7-9-21-14(15)4/h5-11H,1-4H3/b12-10+,16-5+. The van der Waals surface area contributed by atoms with E-state index in [-0.39, 0.29) is 5.78 Å². The summed E-state index contributed by atoms with van der Waals surface area (Å²) in [4.78, 5) is 18.0. The smallest absolute Gasteiger partial charge is 0.189 e. The van der Waals surface area contributed by atoms with Crippen LogP contribution in [-0.2, 0) is 4.79 Å². The quantitative estimate of drug-likeness (QED) is 0.756. The van der Waals surface area contributed by atoms with Crippen molar-refractivity contribution >= 4 is 28.8 Å². The number of hydrogen-bond donors (Lipinski definition) is 0. The first-order chi connectivity index (χ1) is 10.0. The van der Waals surface area contributed by atoms with Gasteiger partial charge in [0, 0.05) is 22.8 Å². The molecule has 0 amide bonds. The van der Waals surface area contributed by atoms with Crippen molar-refractivity contribution in [2.75, 3.05) is 0 Å². The molecule has 2 rings (SSSR count). The molecular formula is C18H19NOS. The van der Waals surface area contributed by atoms with Crippen molar-refractivity contribution in [1.29, 1.82) is 0 Å². The zero-order valence-corrected chi connectivity index (χ0v) is 13.6. The van der Waals surface area contributed by atoms with Crippen LogP contribution < -0.4 is 0 Å². The molecule has 0 aromatic carbocycles. The SMILES string of the molecule is C/C=C(/C(=O)/C(C)=C/c1ccsc1C)c1ccncc1C. The van der Waals surface area contributed by atoms with Crippen LogP contribution in [0.1, 0.15) is 35.4 Å². The summed E-state index contributed by atoms with van der Waals surface area (Å²) in [6.07, 6.45) is 7.35. The maximum absolute atomic E-state index is 12.7. The van der Waals surface area contributed by atoms with E-state index in [2.05, 4.69) is 11.9 Å². The Bertz CT molecular complexity index is 722. The van der Waals surface area contributed by atoms with Crippen LogP contribution in [0, 0.1) is 13.8 Å². The van der Waals surface area contributed by atoms with E-state index in [1.54, 1.807) is 23.7 Å². The monoisotopic (exact) mass is 297 g/mol. The Balaban J connectivity index is 2.36. The van der Waals surface area contributed by atoms with Crippen LogP contribution in [0.3, 0.4) is 0 Å². The van der Waals surface area contributed by atoms with Crippen molar-refractivity contribution in [2.24, 2.45) is 0 Å². The largest absolute Gasteiger partial charge is 0.289 e. The van der Waals surface area contributed by atoms with Crippen LogP contribution in [-0.4, -0.2) is 10.8 Å². The highest BCUT2D eigenvalue weighted by atomic mass is 32.1. The third kappa shape index (κ3) is 3.37. The van der Waals surface area contributed by atoms with Gasteiger partial charge in [0.2, 0.25) is 0 Å². The summed E-state index contributed by atoms with van der Waals surface area (Å²) in [6, 6.07) is 3.94. The maximum atomic E-state index is 12.7. The molecule has 0 saturated heterocycles. The summed E-state index contributed by atoms with van der Waals surface area (Å²) >= 11 is 1.69. The highest BCUT2D eigenvalue weighted by Crippen LogP contribution is 2.24. The molecule has 0 saturated carbocycles. The van der Waals surface area contributed by atoms with Crippen molar-refractivity contribution < 1.29 is 4.79 Å². The van der Waals surface area contributed by atoms with Crippen molar-refractivity contribution in [3.8, 4) is 0 Å². The second-order valence-electron chi connectivity index (χ2n) is 4.98. The molecule has 0 bridgehead atoms. The topological polar surface area (TPSA) is 30.0 Å². The Morgan fingerprint density at radius 1 is 1.29 bits per heavy atom. The van der Waals surface area contributed by atoms with Gasteiger partial charge in [0.05, 0.1) is 0 Å². The van der Waals surface area contributed by atoms with Crippen LogP contribution >= 0.6 is 11.3 Å². The Morgan fingerprint density at radius 2 is 2.05 bits per heavy atom. The van der Waals surface area contributed by atoms with Crippen molar-refractivity contribution in [1.82, 2.24) is 4.98 Å². The van der Waals surface area contributed by atoms with E-state index in [1.165, 1.54) is 4.88 Å². The van der Waals surface area contributed by atoms with Gasteiger partial charge in [0.25, 0.3) is 0 Å². The van der Waals surface area contributed by atoms with E-state index in [0.29, 0.717) is 0 Å². The minimum absolute atomic E-state index is 0.0670. The molecule has 0 atom stereocenters. The van der Waals surface area contributed by atoms with E-state index in [1.807, 2.05) is 50.4 Å². The third-order valence-corrected chi connectivity index (χ3v) is 4.33. The van der Waals surface area contributed by atoms with Gasteiger partial charge in [-0.05, 0) is 73.5 Å². The highest BCUT2D eigenvalue weighted by Gasteiger charge is 2.15. The second-order valence-corrected chi connectivity index (χ2v) is 6.10. The summed E-state index contributed by atoms with van der Waals surface area (Å²) in [6.45, 7) is 7.81. The van der Waals surface area contributed by atoms with Gasteiger partial charge in [0.1, 0.15) is 0 Å². The highest BCUT2D eigenvalue weighted by molar-refractivity contribution is 7.10. The average molecular weight is 297 g/mol. The predicted molar refractivity (Wildman–Crippen MR) is 90.3 cm³/mol. The lowest BCUT2D eigenvalue weighted by Crippen LogP contribution is -2.05. The van der Waals surface area contributed by atoms with Gasteiger partial charge in [-0.15, -0.1) is 11.3 Å². The van der Waals surface area contributed by atoms with Gasteiger partial charge in [0.15, 0.2) is 5.78 Å². The number of aryl methyl sites for hydroxylation is 2. The number of aromatic nitrogens is 1. The van der Waals surface area contributed by atoms with Crippen molar-refractivity contribution in [3.63, 3.8) is 0 Å². The Morgan fingerprint density at radius 3 is 2.62 bits per heavy atom. The molecule has 0 fully saturated rings. The van der Waals surface area contributed by atoms with E-state index in [0.717, 1.165) is 27.8 Å². The molecule has 2 heterocycles. The zero-order valence-electron chi connectivity index (χ0n) is 12.8. The number of pyridine rings is 1. The van der Waals surface area contributed by atoms with Gasteiger partial charge < -0.3 is 0 Å². The molecule has 0 N–H and O–H groups in total. The van der Waals surface area contributed by atoms with Gasteiger partial charge in [-0.3, -0.25) is 9.78 Å². The van der Waals surface area contributed by atoms with Gasteiger partial charge in [-0.2, -0.15) is 0 Å². The second kappa shape index (κ2) is 6.64. The van der Waals surface area contributed by atoms with Gasteiger partial charge in [-0.25, -0.2) is 0 Å². The van der Waals surface area contributed by atoms with Crippen molar-refractivity contribution in [2.45, 2.75) is 27.7 Å². The number of nitrogens with zero attached hydrogens (tertiary/aromatic N) is 1. The van der Waals surface area contributed by atoms with E-state index < -0.39 is 0 Å². The molecule has 0 aliphatic heterocycles. The number of thiophene rings is 1. The normalized spacial score (nSPS) is 12.6. The summed E-state index contributed by atoms with van der Waals surface area (Å²) in [7, 11) is 0. The summed E-state index contributed by atoms with van der Waals surface area (Å²) in [5.74, 6) is 0.0670. The zero-order chi connectivity index (χ0) is 15.4. The van der Waals surface area contributed by atoms with Crippen LogP contribution in [0.15, 0.2) is 41.6 Å². The van der Waals surface area contributed by atoms with Crippen LogP contribution in [0.2, 0.25) is 0 Å². The maximum Gasteiger partial charge on any atom is 0.189 e. The predicted octanol–water partition coefficient (Wildman–Crippen LogP) is 4.84. The fourth-order valence-corrected chi connectivity index (χ4v) is 2.92. The molecule has 21 heavy (non-hydrogen) atoms. The van der Waals surface area contributed by atoms with Gasteiger partial charge >= 0.3 is 0 Å². The van der Waals surface area contributed by atoms with E-state index >= 15 is 0 Å². The molecule has 108 valence electrons. The first-order valence-corrected chi connectivity index (χ1v) is 7.77. The molecule has 0 radical (unpaired) electrons. The molecule has 3 heteroatoms. The molecule has 0 unspecified atom stereocenters. The minimum atomic E-state index is 0.0670. The average Bonchev–Trinajstić information content (AvgIpc) is 2.87. The van der Waals surface area contributed by atoms with Crippen LogP contribution in [0.25, 0.3) is 11.6 Å². The lowest BCUT2D eigenvalue weighted by Gasteiger charge is -2.09. The molecule has 2 nitrogen and oxygen atoms in total. The number of ketones is 1.